The minimum absolute atomic E-state index is 0.100. The quantitative estimate of drug-likeness (QED) is 0.567. The number of urea groups is 1. The number of para-hydroxylation sites is 2. The molecule has 1 aromatic carbocycles. The maximum atomic E-state index is 12.2. The van der Waals surface area contributed by atoms with Crippen LogP contribution in [0.25, 0.3) is 0 Å². The molecule has 1 aromatic rings. The zero-order valence-electron chi connectivity index (χ0n) is 14.1. The summed E-state index contributed by atoms with van der Waals surface area (Å²) in [6.07, 6.45) is 1.23. The molecule has 0 saturated carbocycles. The van der Waals surface area contributed by atoms with Crippen LogP contribution in [0.5, 0.6) is 5.75 Å². The number of rotatable bonds is 7. The minimum Gasteiger partial charge on any atom is -0.495 e. The Kier molecular flexibility index (Phi) is 6.21. The Hall–Kier alpha value is -2.33. The van der Waals surface area contributed by atoms with E-state index in [0.29, 0.717) is 18.0 Å². The summed E-state index contributed by atoms with van der Waals surface area (Å²) in [5, 5.41) is 5.26. The Labute approximate surface area is 146 Å². The highest BCUT2D eigenvalue weighted by molar-refractivity contribution is 7.88. The molecule has 0 aromatic heterocycles. The number of benzene rings is 1. The van der Waals surface area contributed by atoms with Crippen LogP contribution in [0, 0.1) is 0 Å². The van der Waals surface area contributed by atoms with Gasteiger partial charge in [-0.2, -0.15) is 0 Å². The average molecular weight is 370 g/mol. The fourth-order valence-electron chi connectivity index (χ4n) is 2.54. The number of amides is 3. The third-order valence-electron chi connectivity index (χ3n) is 3.61. The molecule has 9 nitrogen and oxygen atoms in total. The summed E-state index contributed by atoms with van der Waals surface area (Å²) < 4.78 is 29.4. The summed E-state index contributed by atoms with van der Waals surface area (Å²) in [7, 11) is -1.75. The molecule has 25 heavy (non-hydrogen) atoms. The average Bonchev–Trinajstić information content (AvgIpc) is 2.90. The lowest BCUT2D eigenvalue weighted by molar-refractivity contribution is -0.117. The summed E-state index contributed by atoms with van der Waals surface area (Å²) in [6.45, 7) is 0.590. The third-order valence-corrected chi connectivity index (χ3v) is 4.34. The van der Waals surface area contributed by atoms with Crippen LogP contribution in [0.3, 0.4) is 0 Å². The van der Waals surface area contributed by atoms with E-state index in [1.807, 2.05) is 12.1 Å². The first kappa shape index (κ1) is 19.0. The maximum Gasteiger partial charge on any atom is 0.315 e. The largest absolute Gasteiger partial charge is 0.495 e. The predicted molar refractivity (Wildman–Crippen MR) is 93.1 cm³/mol. The lowest BCUT2D eigenvalue weighted by Crippen LogP contribution is -2.45. The normalized spacial score (nSPS) is 17.4. The van der Waals surface area contributed by atoms with Gasteiger partial charge in [0, 0.05) is 26.1 Å². The summed E-state index contributed by atoms with van der Waals surface area (Å²) in [4.78, 5) is 25.6. The second kappa shape index (κ2) is 8.17. The predicted octanol–water partition coefficient (Wildman–Crippen LogP) is -0.351. The number of methoxy groups -OCH3 is 1. The van der Waals surface area contributed by atoms with Crippen LogP contribution >= 0.6 is 0 Å². The van der Waals surface area contributed by atoms with E-state index in [4.69, 9.17) is 4.74 Å². The second-order valence-corrected chi connectivity index (χ2v) is 7.48. The van der Waals surface area contributed by atoms with Gasteiger partial charge in [0.15, 0.2) is 0 Å². The van der Waals surface area contributed by atoms with Gasteiger partial charge in [-0.1, -0.05) is 12.1 Å². The molecule has 0 radical (unpaired) electrons. The van der Waals surface area contributed by atoms with Crippen LogP contribution in [0.15, 0.2) is 24.3 Å². The number of ether oxygens (including phenoxy) is 1. The Morgan fingerprint density at radius 2 is 2.04 bits per heavy atom. The summed E-state index contributed by atoms with van der Waals surface area (Å²) in [6, 6.07) is 6.40. The van der Waals surface area contributed by atoms with E-state index in [0.717, 1.165) is 6.26 Å². The monoisotopic (exact) mass is 370 g/mol. The standard InChI is InChI=1S/C15H22N4O5S/c1-24-13-6-4-3-5-12(13)19-10-11(9-14(19)20)18-15(21)16-7-8-17-25(2,22)23/h3-6,11,17H,7-10H2,1-2H3,(H2,16,18,21)/t11-/m0/s1. The van der Waals surface area contributed by atoms with Gasteiger partial charge in [0.05, 0.1) is 25.1 Å². The first-order valence-electron chi connectivity index (χ1n) is 7.72. The molecule has 2 rings (SSSR count). The molecule has 1 saturated heterocycles. The number of hydrogen-bond donors (Lipinski definition) is 3. The Balaban J connectivity index is 1.85. The minimum atomic E-state index is -3.28. The van der Waals surface area contributed by atoms with Crippen molar-refractivity contribution < 1.29 is 22.7 Å². The number of nitrogens with zero attached hydrogens (tertiary/aromatic N) is 1. The van der Waals surface area contributed by atoms with Gasteiger partial charge in [0.1, 0.15) is 5.75 Å². The van der Waals surface area contributed by atoms with Gasteiger partial charge in [0.2, 0.25) is 15.9 Å². The fraction of sp³-hybridized carbons (Fsp3) is 0.467. The SMILES string of the molecule is COc1ccccc1N1C[C@@H](NC(=O)NCCNS(C)(=O)=O)CC1=O. The topological polar surface area (TPSA) is 117 Å². The van der Waals surface area contributed by atoms with Crippen LogP contribution in [0.4, 0.5) is 10.5 Å². The van der Waals surface area contributed by atoms with Crippen molar-refractivity contribution >= 4 is 27.6 Å². The van der Waals surface area contributed by atoms with Gasteiger partial charge >= 0.3 is 6.03 Å². The van der Waals surface area contributed by atoms with Crippen molar-refractivity contribution in [1.29, 1.82) is 0 Å². The molecule has 10 heteroatoms. The molecule has 1 fully saturated rings. The van der Waals surface area contributed by atoms with E-state index < -0.39 is 16.1 Å². The highest BCUT2D eigenvalue weighted by Crippen LogP contribution is 2.30. The zero-order valence-corrected chi connectivity index (χ0v) is 14.9. The van der Waals surface area contributed by atoms with E-state index in [2.05, 4.69) is 15.4 Å². The van der Waals surface area contributed by atoms with E-state index in [1.165, 1.54) is 7.11 Å². The fourth-order valence-corrected chi connectivity index (χ4v) is 3.01. The molecule has 0 aliphatic carbocycles. The summed E-state index contributed by atoms with van der Waals surface area (Å²) in [5.41, 5.74) is 0.664. The van der Waals surface area contributed by atoms with E-state index >= 15 is 0 Å². The van der Waals surface area contributed by atoms with Crippen molar-refractivity contribution in [3.05, 3.63) is 24.3 Å². The highest BCUT2D eigenvalue weighted by Gasteiger charge is 2.32. The lowest BCUT2D eigenvalue weighted by Gasteiger charge is -2.19. The van der Waals surface area contributed by atoms with Gasteiger partial charge < -0.3 is 20.3 Å². The van der Waals surface area contributed by atoms with Crippen LogP contribution in [0.2, 0.25) is 0 Å². The first-order valence-corrected chi connectivity index (χ1v) is 9.61. The molecule has 3 N–H and O–H groups in total. The molecule has 0 spiro atoms. The summed E-state index contributed by atoms with van der Waals surface area (Å²) in [5.74, 6) is 0.487. The highest BCUT2D eigenvalue weighted by atomic mass is 32.2. The van der Waals surface area contributed by atoms with Gasteiger partial charge in [-0.3, -0.25) is 4.79 Å². The number of carbonyl (C=O) groups is 2. The molecular formula is C15H22N4O5S. The van der Waals surface area contributed by atoms with Crippen LogP contribution in [-0.4, -0.2) is 59.4 Å². The summed E-state index contributed by atoms with van der Waals surface area (Å²) >= 11 is 0. The van der Waals surface area contributed by atoms with Crippen LogP contribution in [-0.2, 0) is 14.8 Å². The number of anilines is 1. The molecule has 1 aliphatic rings. The molecule has 1 atom stereocenters. The molecule has 1 aliphatic heterocycles. The number of hydrogen-bond acceptors (Lipinski definition) is 5. The molecule has 1 heterocycles. The molecule has 3 amide bonds. The number of nitrogens with one attached hydrogen (secondary N) is 3. The molecule has 0 bridgehead atoms. The lowest BCUT2D eigenvalue weighted by atomic mass is 10.2. The van der Waals surface area contributed by atoms with Crippen LogP contribution in [0.1, 0.15) is 6.42 Å². The first-order chi connectivity index (χ1) is 11.8. The Morgan fingerprint density at radius 1 is 1.32 bits per heavy atom. The number of sulfonamides is 1. The van der Waals surface area contributed by atoms with Crippen LogP contribution < -0.4 is 25.0 Å². The Morgan fingerprint density at radius 3 is 2.72 bits per heavy atom. The molecule has 138 valence electrons. The molecule has 0 unspecified atom stereocenters. The second-order valence-electron chi connectivity index (χ2n) is 5.64. The van der Waals surface area contributed by atoms with Crippen molar-refractivity contribution in [2.24, 2.45) is 0 Å². The maximum absolute atomic E-state index is 12.2. The smallest absolute Gasteiger partial charge is 0.315 e. The van der Waals surface area contributed by atoms with Gasteiger partial charge in [-0.25, -0.2) is 17.9 Å². The van der Waals surface area contributed by atoms with Gasteiger partial charge in [-0.15, -0.1) is 0 Å². The zero-order chi connectivity index (χ0) is 18.4. The van der Waals surface area contributed by atoms with Crippen molar-refractivity contribution in [3.8, 4) is 5.75 Å². The molecular weight excluding hydrogens is 348 g/mol. The van der Waals surface area contributed by atoms with Crippen molar-refractivity contribution in [3.63, 3.8) is 0 Å². The third kappa shape index (κ3) is 5.61. The number of carbonyl (C=O) groups excluding carboxylic acids is 2. The van der Waals surface area contributed by atoms with E-state index in [1.54, 1.807) is 17.0 Å². The van der Waals surface area contributed by atoms with Gasteiger partial charge in [-0.05, 0) is 12.1 Å². The van der Waals surface area contributed by atoms with Gasteiger partial charge in [0.25, 0.3) is 0 Å². The van der Waals surface area contributed by atoms with E-state index in [9.17, 15) is 18.0 Å². The van der Waals surface area contributed by atoms with E-state index in [-0.39, 0.29) is 31.5 Å². The van der Waals surface area contributed by atoms with Crippen molar-refractivity contribution in [2.45, 2.75) is 12.5 Å². The Bertz CT molecular complexity index is 737. The van der Waals surface area contributed by atoms with Crippen molar-refractivity contribution in [1.82, 2.24) is 15.4 Å². The van der Waals surface area contributed by atoms with Crippen molar-refractivity contribution in [2.75, 3.05) is 37.9 Å².